The van der Waals surface area contributed by atoms with E-state index >= 15 is 0 Å². The number of ether oxygens (including phenoxy) is 1. The number of aliphatic imine (C=N–C) groups is 1. The molecule has 0 bridgehead atoms. The highest BCUT2D eigenvalue weighted by Crippen LogP contribution is 2.22. The maximum absolute atomic E-state index is 11.7. The van der Waals surface area contributed by atoms with Crippen LogP contribution in [0.4, 0.5) is 5.69 Å². The lowest BCUT2D eigenvalue weighted by molar-refractivity contribution is -0.148. The molecule has 0 fully saturated rings. The molecule has 0 amide bonds. The van der Waals surface area contributed by atoms with Crippen molar-refractivity contribution in [1.29, 1.82) is 0 Å². The van der Waals surface area contributed by atoms with Crippen LogP contribution >= 0.6 is 0 Å². The van der Waals surface area contributed by atoms with E-state index in [-0.39, 0.29) is 12.1 Å². The fourth-order valence-corrected chi connectivity index (χ4v) is 3.80. The van der Waals surface area contributed by atoms with Crippen LogP contribution in [0.3, 0.4) is 0 Å². The van der Waals surface area contributed by atoms with E-state index in [1.165, 1.54) is 56.2 Å². The summed E-state index contributed by atoms with van der Waals surface area (Å²) < 4.78 is 5.47. The SMILES string of the molecule is CCCCCCCCCc1cccc(N2C=C(CC(C)OC(=O)CCC)N=CC2)c1. The number of hydrogen-bond donors (Lipinski definition) is 0. The van der Waals surface area contributed by atoms with Crippen LogP contribution in [0, 0.1) is 0 Å². The zero-order chi connectivity index (χ0) is 21.6. The molecule has 1 atom stereocenters. The number of unbranched alkanes of at least 4 members (excludes halogenated alkanes) is 6. The van der Waals surface area contributed by atoms with Crippen molar-refractivity contribution in [3.05, 3.63) is 41.7 Å². The summed E-state index contributed by atoms with van der Waals surface area (Å²) in [6.45, 7) is 6.96. The van der Waals surface area contributed by atoms with Gasteiger partial charge >= 0.3 is 5.97 Å². The zero-order valence-electron chi connectivity index (χ0n) is 19.2. The van der Waals surface area contributed by atoms with Gasteiger partial charge in [0.25, 0.3) is 0 Å². The van der Waals surface area contributed by atoms with Crippen molar-refractivity contribution in [1.82, 2.24) is 0 Å². The van der Waals surface area contributed by atoms with Crippen LogP contribution in [0.15, 0.2) is 41.2 Å². The summed E-state index contributed by atoms with van der Waals surface area (Å²) in [5.74, 6) is -0.125. The number of carbonyl (C=O) groups excluding carboxylic acids is 1. The number of anilines is 1. The largest absolute Gasteiger partial charge is 0.462 e. The van der Waals surface area contributed by atoms with Gasteiger partial charge in [0.2, 0.25) is 0 Å². The molecule has 0 N–H and O–H groups in total. The van der Waals surface area contributed by atoms with Crippen molar-refractivity contribution in [3.63, 3.8) is 0 Å². The monoisotopic (exact) mass is 412 g/mol. The lowest BCUT2D eigenvalue weighted by Crippen LogP contribution is -2.24. The number of rotatable bonds is 14. The van der Waals surface area contributed by atoms with E-state index in [4.69, 9.17) is 4.74 Å². The van der Waals surface area contributed by atoms with Crippen molar-refractivity contribution < 1.29 is 9.53 Å². The molecule has 0 spiro atoms. The van der Waals surface area contributed by atoms with Gasteiger partial charge in [-0.05, 0) is 43.9 Å². The van der Waals surface area contributed by atoms with Gasteiger partial charge in [-0.2, -0.15) is 0 Å². The maximum Gasteiger partial charge on any atom is 0.306 e. The van der Waals surface area contributed by atoms with Crippen LogP contribution in [0.5, 0.6) is 0 Å². The Morgan fingerprint density at radius 1 is 1.10 bits per heavy atom. The molecule has 0 saturated carbocycles. The van der Waals surface area contributed by atoms with Gasteiger partial charge < -0.3 is 9.64 Å². The molecule has 0 aliphatic carbocycles. The third-order valence-electron chi connectivity index (χ3n) is 5.43. The van der Waals surface area contributed by atoms with Gasteiger partial charge in [0.05, 0.1) is 12.2 Å². The lowest BCUT2D eigenvalue weighted by Gasteiger charge is -2.24. The Morgan fingerprint density at radius 3 is 2.63 bits per heavy atom. The van der Waals surface area contributed by atoms with E-state index in [2.05, 4.69) is 47.3 Å². The third-order valence-corrected chi connectivity index (χ3v) is 5.43. The number of nitrogens with zero attached hydrogens (tertiary/aromatic N) is 2. The van der Waals surface area contributed by atoms with Gasteiger partial charge in [-0.1, -0.05) is 64.5 Å². The van der Waals surface area contributed by atoms with Crippen LogP contribution in [-0.2, 0) is 16.0 Å². The van der Waals surface area contributed by atoms with Crippen LogP contribution in [0.1, 0.15) is 90.5 Å². The number of carbonyl (C=O) groups is 1. The topological polar surface area (TPSA) is 41.9 Å². The second-order valence-electron chi connectivity index (χ2n) is 8.38. The number of hydrogen-bond acceptors (Lipinski definition) is 4. The summed E-state index contributed by atoms with van der Waals surface area (Å²) in [4.78, 5) is 18.5. The molecule has 166 valence electrons. The molecule has 0 saturated heterocycles. The molecule has 1 unspecified atom stereocenters. The van der Waals surface area contributed by atoms with Gasteiger partial charge in [0, 0.05) is 30.9 Å². The third kappa shape index (κ3) is 9.15. The van der Waals surface area contributed by atoms with E-state index in [1.807, 2.05) is 20.1 Å². The van der Waals surface area contributed by atoms with Gasteiger partial charge in [0.1, 0.15) is 6.10 Å². The van der Waals surface area contributed by atoms with Crippen LogP contribution < -0.4 is 4.90 Å². The van der Waals surface area contributed by atoms with E-state index in [1.54, 1.807) is 0 Å². The second kappa shape index (κ2) is 14.0. The van der Waals surface area contributed by atoms with Crippen molar-refractivity contribution in [2.75, 3.05) is 11.4 Å². The summed E-state index contributed by atoms with van der Waals surface area (Å²) in [5.41, 5.74) is 3.56. The van der Waals surface area contributed by atoms with Gasteiger partial charge in [-0.25, -0.2) is 0 Å². The van der Waals surface area contributed by atoms with Crippen molar-refractivity contribution in [2.24, 2.45) is 4.99 Å². The highest BCUT2D eigenvalue weighted by molar-refractivity contribution is 5.71. The molecule has 1 aromatic rings. The average Bonchev–Trinajstić information content (AvgIpc) is 2.73. The Bertz CT molecular complexity index is 696. The molecule has 30 heavy (non-hydrogen) atoms. The van der Waals surface area contributed by atoms with Crippen molar-refractivity contribution >= 4 is 17.9 Å². The maximum atomic E-state index is 11.7. The Kier molecular flexibility index (Phi) is 11.3. The number of aryl methyl sites for hydroxylation is 1. The van der Waals surface area contributed by atoms with Crippen LogP contribution in [0.25, 0.3) is 0 Å². The fourth-order valence-electron chi connectivity index (χ4n) is 3.80. The zero-order valence-corrected chi connectivity index (χ0v) is 19.2. The molecule has 1 aromatic carbocycles. The number of benzene rings is 1. The predicted molar refractivity (Wildman–Crippen MR) is 127 cm³/mol. The highest BCUT2D eigenvalue weighted by atomic mass is 16.5. The van der Waals surface area contributed by atoms with Crippen LogP contribution in [0.2, 0.25) is 0 Å². The van der Waals surface area contributed by atoms with Crippen molar-refractivity contribution in [2.45, 2.75) is 97.5 Å². The predicted octanol–water partition coefficient (Wildman–Crippen LogP) is 6.83. The first-order valence-electron chi connectivity index (χ1n) is 11.9. The molecule has 1 aliphatic rings. The smallest absolute Gasteiger partial charge is 0.306 e. The summed E-state index contributed by atoms with van der Waals surface area (Å²) >= 11 is 0. The Balaban J connectivity index is 1.84. The van der Waals surface area contributed by atoms with Gasteiger partial charge in [-0.3, -0.25) is 9.79 Å². The molecule has 2 rings (SSSR count). The van der Waals surface area contributed by atoms with Gasteiger partial charge in [0.15, 0.2) is 0 Å². The Labute approximate surface area is 183 Å². The van der Waals surface area contributed by atoms with Crippen molar-refractivity contribution in [3.8, 4) is 0 Å². The minimum absolute atomic E-state index is 0.125. The Morgan fingerprint density at radius 2 is 1.87 bits per heavy atom. The summed E-state index contributed by atoms with van der Waals surface area (Å²) in [6.07, 6.45) is 16.3. The second-order valence-corrected chi connectivity index (χ2v) is 8.38. The fraction of sp³-hybridized carbons (Fsp3) is 0.615. The lowest BCUT2D eigenvalue weighted by atomic mass is 10.0. The van der Waals surface area contributed by atoms with E-state index in [0.29, 0.717) is 12.8 Å². The van der Waals surface area contributed by atoms with Gasteiger partial charge in [-0.15, -0.1) is 0 Å². The molecular weight excluding hydrogens is 372 g/mol. The van der Waals surface area contributed by atoms with E-state index < -0.39 is 0 Å². The molecule has 1 heterocycles. The standard InChI is InChI=1S/C26H40N2O2/c1-4-6-7-8-9-10-11-14-23-15-12-16-25(20-23)28-18-17-27-24(21-28)19-22(3)30-26(29)13-5-2/h12,15-17,20-22H,4-11,13-14,18-19H2,1-3H3. The Hall–Kier alpha value is -2.10. The summed E-state index contributed by atoms with van der Waals surface area (Å²) in [5, 5.41) is 0. The minimum atomic E-state index is -0.156. The average molecular weight is 413 g/mol. The molecule has 0 aromatic heterocycles. The first-order chi connectivity index (χ1) is 14.6. The normalized spacial score (nSPS) is 14.5. The summed E-state index contributed by atoms with van der Waals surface area (Å²) in [7, 11) is 0. The first kappa shape index (κ1) is 24.2. The number of esters is 1. The summed E-state index contributed by atoms with van der Waals surface area (Å²) in [6, 6.07) is 8.85. The van der Waals surface area contributed by atoms with E-state index in [9.17, 15) is 4.79 Å². The first-order valence-corrected chi connectivity index (χ1v) is 11.9. The molecule has 4 nitrogen and oxygen atoms in total. The molecular formula is C26H40N2O2. The molecule has 4 heteroatoms. The minimum Gasteiger partial charge on any atom is -0.462 e. The van der Waals surface area contributed by atoms with E-state index in [0.717, 1.165) is 25.1 Å². The quantitative estimate of drug-likeness (QED) is 0.248. The van der Waals surface area contributed by atoms with Crippen LogP contribution in [-0.4, -0.2) is 24.8 Å². The molecule has 1 aliphatic heterocycles. The molecule has 0 radical (unpaired) electrons. The highest BCUT2D eigenvalue weighted by Gasteiger charge is 2.14.